The summed E-state index contributed by atoms with van der Waals surface area (Å²) in [7, 11) is 0. The molecule has 10 heteroatoms. The molecule has 0 bridgehead atoms. The number of hydrogen-bond acceptors (Lipinski definition) is 6. The summed E-state index contributed by atoms with van der Waals surface area (Å²) in [6.45, 7) is 10.2. The van der Waals surface area contributed by atoms with Crippen molar-refractivity contribution in [3.8, 4) is 5.75 Å². The predicted octanol–water partition coefficient (Wildman–Crippen LogP) is 3.28. The first-order chi connectivity index (χ1) is 17.1. The molecule has 10 nitrogen and oxygen atoms in total. The fourth-order valence-corrected chi connectivity index (χ4v) is 4.51. The lowest BCUT2D eigenvalue weighted by Crippen LogP contribution is -2.59. The van der Waals surface area contributed by atoms with Crippen LogP contribution in [0.2, 0.25) is 0 Å². The molecule has 1 saturated carbocycles. The summed E-state index contributed by atoms with van der Waals surface area (Å²) in [6.07, 6.45) is 3.35. The van der Waals surface area contributed by atoms with E-state index in [4.69, 9.17) is 10.5 Å². The molecular formula is C27H42N4O6. The van der Waals surface area contributed by atoms with Crippen molar-refractivity contribution in [2.24, 2.45) is 5.73 Å². The Kier molecular flexibility index (Phi) is 9.94. The lowest BCUT2D eigenvalue weighted by Gasteiger charge is -2.43. The van der Waals surface area contributed by atoms with Gasteiger partial charge < -0.3 is 31.1 Å². The second-order valence-corrected chi connectivity index (χ2v) is 11.6. The van der Waals surface area contributed by atoms with Gasteiger partial charge in [0.05, 0.1) is 6.42 Å². The predicted molar refractivity (Wildman–Crippen MR) is 139 cm³/mol. The number of hydrogen-bond donors (Lipinski definition) is 4. The second-order valence-electron chi connectivity index (χ2n) is 11.6. The molecule has 0 radical (unpaired) electrons. The first-order valence-electron chi connectivity index (χ1n) is 12.8. The number of amides is 4. The first kappa shape index (κ1) is 29.9. The average molecular weight is 519 g/mol. The van der Waals surface area contributed by atoms with Gasteiger partial charge in [-0.15, -0.1) is 0 Å². The molecule has 2 atom stereocenters. The number of benzene rings is 1. The Hall–Kier alpha value is -3.30. The minimum absolute atomic E-state index is 0.0483. The van der Waals surface area contributed by atoms with Crippen LogP contribution >= 0.6 is 0 Å². The van der Waals surface area contributed by atoms with Gasteiger partial charge in [-0.25, -0.2) is 4.79 Å². The van der Waals surface area contributed by atoms with Gasteiger partial charge in [-0.1, -0.05) is 37.5 Å². The molecule has 1 aromatic rings. The average Bonchev–Trinajstić information content (AvgIpc) is 2.75. The number of ether oxygens (including phenoxy) is 1. The van der Waals surface area contributed by atoms with Gasteiger partial charge in [-0.05, 0) is 60.5 Å². The number of alkyl carbamates (subject to hydrolysis) is 1. The Balaban J connectivity index is 2.53. The zero-order valence-electron chi connectivity index (χ0n) is 22.8. The van der Waals surface area contributed by atoms with Crippen molar-refractivity contribution in [1.29, 1.82) is 0 Å². The van der Waals surface area contributed by atoms with Gasteiger partial charge in [0.1, 0.15) is 23.4 Å². The number of carbonyl (C=O) groups excluding carboxylic acids is 4. The second kappa shape index (κ2) is 12.3. The van der Waals surface area contributed by atoms with E-state index in [-0.39, 0.29) is 17.4 Å². The van der Waals surface area contributed by atoms with Crippen LogP contribution in [0.4, 0.5) is 4.79 Å². The SMILES string of the molecule is CC(C)(C)OC(=O)NC(CC(N)=O)C(=O)N(C(C(=O)NC1CCCCC1)c1ccccc1O)C(C)(C)C. The Morgan fingerprint density at radius 3 is 2.16 bits per heavy atom. The monoisotopic (exact) mass is 518 g/mol. The number of primary amides is 1. The van der Waals surface area contributed by atoms with Crippen molar-refractivity contribution in [2.45, 2.75) is 109 Å². The number of rotatable bonds is 8. The third kappa shape index (κ3) is 8.94. The third-order valence-corrected chi connectivity index (χ3v) is 6.04. The minimum Gasteiger partial charge on any atom is -0.508 e. The van der Waals surface area contributed by atoms with E-state index in [1.54, 1.807) is 59.7 Å². The van der Waals surface area contributed by atoms with Crippen LogP contribution in [0.15, 0.2) is 24.3 Å². The van der Waals surface area contributed by atoms with E-state index in [1.807, 2.05) is 0 Å². The molecule has 1 aliphatic carbocycles. The molecule has 5 N–H and O–H groups in total. The highest BCUT2D eigenvalue weighted by Gasteiger charge is 2.43. The molecule has 1 aliphatic rings. The van der Waals surface area contributed by atoms with Crippen molar-refractivity contribution in [3.05, 3.63) is 29.8 Å². The molecule has 1 aromatic carbocycles. The molecule has 4 amide bonds. The van der Waals surface area contributed by atoms with Crippen molar-refractivity contribution < 1.29 is 29.0 Å². The highest BCUT2D eigenvalue weighted by Crippen LogP contribution is 2.35. The fraction of sp³-hybridized carbons (Fsp3) is 0.630. The number of para-hydroxylation sites is 1. The van der Waals surface area contributed by atoms with Crippen LogP contribution in [0.5, 0.6) is 5.75 Å². The van der Waals surface area contributed by atoms with E-state index in [0.717, 1.165) is 32.1 Å². The van der Waals surface area contributed by atoms with Gasteiger partial charge in [-0.3, -0.25) is 14.4 Å². The van der Waals surface area contributed by atoms with E-state index in [9.17, 15) is 24.3 Å². The number of nitrogens with one attached hydrogen (secondary N) is 2. The Morgan fingerprint density at radius 1 is 1.05 bits per heavy atom. The third-order valence-electron chi connectivity index (χ3n) is 6.04. The lowest BCUT2D eigenvalue weighted by atomic mass is 9.92. The maximum absolute atomic E-state index is 14.0. The van der Waals surface area contributed by atoms with E-state index in [2.05, 4.69) is 10.6 Å². The van der Waals surface area contributed by atoms with Crippen LogP contribution in [-0.4, -0.2) is 57.0 Å². The molecule has 2 unspecified atom stereocenters. The van der Waals surface area contributed by atoms with E-state index in [1.165, 1.54) is 11.0 Å². The summed E-state index contributed by atoms with van der Waals surface area (Å²) < 4.78 is 5.29. The van der Waals surface area contributed by atoms with Gasteiger partial charge in [0.15, 0.2) is 0 Å². The number of phenolic OH excluding ortho intramolecular Hbond substituents is 1. The Labute approximate surface area is 219 Å². The number of nitrogens with two attached hydrogens (primary N) is 1. The first-order valence-corrected chi connectivity index (χ1v) is 12.8. The minimum atomic E-state index is -1.39. The van der Waals surface area contributed by atoms with E-state index >= 15 is 0 Å². The summed E-state index contributed by atoms with van der Waals surface area (Å²) in [6, 6.07) is 3.65. The number of aromatic hydroxyl groups is 1. The van der Waals surface area contributed by atoms with Crippen LogP contribution in [0.1, 0.15) is 91.7 Å². The lowest BCUT2D eigenvalue weighted by molar-refractivity contribution is -0.149. The molecule has 0 aromatic heterocycles. The topological polar surface area (TPSA) is 151 Å². The van der Waals surface area contributed by atoms with E-state index < -0.39 is 53.5 Å². The summed E-state index contributed by atoms with van der Waals surface area (Å²) in [5.41, 5.74) is 3.85. The smallest absolute Gasteiger partial charge is 0.408 e. The normalized spacial score (nSPS) is 16.3. The standard InChI is InChI=1S/C27H42N4O6/c1-26(2,3)31(24(35)19(16-21(28)33)30-25(36)37-27(4,5)6)22(18-14-10-11-15-20(18)32)23(34)29-17-12-8-7-9-13-17/h10-11,14-15,17,19,22,32H,7-9,12-13,16H2,1-6H3,(H2,28,33)(H,29,34)(H,30,36). The molecule has 2 rings (SSSR count). The zero-order valence-corrected chi connectivity index (χ0v) is 22.8. The van der Waals surface area contributed by atoms with Crippen LogP contribution in [0.3, 0.4) is 0 Å². The van der Waals surface area contributed by atoms with Gasteiger partial charge in [0, 0.05) is 17.1 Å². The van der Waals surface area contributed by atoms with Crippen LogP contribution in [-0.2, 0) is 19.1 Å². The highest BCUT2D eigenvalue weighted by atomic mass is 16.6. The number of nitrogens with zero attached hydrogens (tertiary/aromatic N) is 1. The van der Waals surface area contributed by atoms with Crippen LogP contribution in [0.25, 0.3) is 0 Å². The Bertz CT molecular complexity index is 976. The van der Waals surface area contributed by atoms with Gasteiger partial charge >= 0.3 is 6.09 Å². The quantitative estimate of drug-likeness (QED) is 0.415. The zero-order chi connectivity index (χ0) is 28.0. The van der Waals surface area contributed by atoms with Gasteiger partial charge in [0.25, 0.3) is 0 Å². The van der Waals surface area contributed by atoms with E-state index in [0.29, 0.717) is 0 Å². The molecule has 0 heterocycles. The maximum atomic E-state index is 14.0. The largest absolute Gasteiger partial charge is 0.508 e. The van der Waals surface area contributed by atoms with Crippen molar-refractivity contribution >= 4 is 23.8 Å². The molecular weight excluding hydrogens is 476 g/mol. The maximum Gasteiger partial charge on any atom is 0.408 e. The molecule has 0 aliphatic heterocycles. The van der Waals surface area contributed by atoms with Crippen molar-refractivity contribution in [1.82, 2.24) is 15.5 Å². The summed E-state index contributed by atoms with van der Waals surface area (Å²) in [4.78, 5) is 53.6. The summed E-state index contributed by atoms with van der Waals surface area (Å²) in [5, 5.41) is 16.2. The van der Waals surface area contributed by atoms with Gasteiger partial charge in [0.2, 0.25) is 17.7 Å². The van der Waals surface area contributed by atoms with Crippen LogP contribution < -0.4 is 16.4 Å². The summed E-state index contributed by atoms with van der Waals surface area (Å²) in [5.74, 6) is -2.12. The van der Waals surface area contributed by atoms with Gasteiger partial charge in [-0.2, -0.15) is 0 Å². The molecule has 206 valence electrons. The molecule has 0 spiro atoms. The molecule has 0 saturated heterocycles. The number of phenols is 1. The highest BCUT2D eigenvalue weighted by molar-refractivity contribution is 5.95. The van der Waals surface area contributed by atoms with Crippen molar-refractivity contribution in [3.63, 3.8) is 0 Å². The molecule has 1 fully saturated rings. The molecule has 37 heavy (non-hydrogen) atoms. The Morgan fingerprint density at radius 2 is 1.65 bits per heavy atom. The van der Waals surface area contributed by atoms with Crippen molar-refractivity contribution in [2.75, 3.05) is 0 Å². The number of carbonyl (C=O) groups is 4. The summed E-state index contributed by atoms with van der Waals surface area (Å²) >= 11 is 0. The van der Waals surface area contributed by atoms with Crippen LogP contribution in [0, 0.1) is 0 Å². The fourth-order valence-electron chi connectivity index (χ4n) is 4.51.